The highest BCUT2D eigenvalue weighted by Gasteiger charge is 2.40. The zero-order valence-corrected chi connectivity index (χ0v) is 16.7. The third kappa shape index (κ3) is 4.53. The Labute approximate surface area is 169 Å². The Morgan fingerprint density at radius 3 is 2.86 bits per heavy atom. The van der Waals surface area contributed by atoms with Crippen LogP contribution in [0.2, 0.25) is 0 Å². The molecule has 1 unspecified atom stereocenters. The molecule has 1 aliphatic rings. The predicted molar refractivity (Wildman–Crippen MR) is 113 cm³/mol. The number of para-hydroxylation sites is 1. The van der Waals surface area contributed by atoms with Crippen molar-refractivity contribution in [3.05, 3.63) is 59.8 Å². The SMILES string of the molecule is C=C(C)C(F)(F)C1CC=C(c2cccc3cc(C(=O)NCCCN)cnc23)CC1. The number of amides is 1. The van der Waals surface area contributed by atoms with Gasteiger partial charge in [0.25, 0.3) is 11.8 Å². The first-order valence-electron chi connectivity index (χ1n) is 9.94. The van der Waals surface area contributed by atoms with E-state index in [1.807, 2.05) is 30.3 Å². The summed E-state index contributed by atoms with van der Waals surface area (Å²) < 4.78 is 28.5. The van der Waals surface area contributed by atoms with Crippen LogP contribution in [-0.4, -0.2) is 29.9 Å². The van der Waals surface area contributed by atoms with Crippen LogP contribution in [0.15, 0.2) is 48.7 Å². The highest BCUT2D eigenvalue weighted by molar-refractivity contribution is 5.99. The number of rotatable bonds is 7. The van der Waals surface area contributed by atoms with E-state index in [-0.39, 0.29) is 11.5 Å². The van der Waals surface area contributed by atoms with Crippen LogP contribution in [0.4, 0.5) is 8.78 Å². The van der Waals surface area contributed by atoms with Crippen molar-refractivity contribution in [3.8, 4) is 0 Å². The average Bonchev–Trinajstić information content (AvgIpc) is 2.73. The molecule has 3 N–H and O–H groups in total. The first-order valence-corrected chi connectivity index (χ1v) is 9.94. The molecule has 1 heterocycles. The molecule has 0 spiro atoms. The fourth-order valence-corrected chi connectivity index (χ4v) is 3.71. The molecule has 0 fully saturated rings. The van der Waals surface area contributed by atoms with Gasteiger partial charge in [-0.3, -0.25) is 9.78 Å². The van der Waals surface area contributed by atoms with E-state index < -0.39 is 11.8 Å². The third-order valence-corrected chi connectivity index (χ3v) is 5.48. The van der Waals surface area contributed by atoms with Gasteiger partial charge in [0.05, 0.1) is 11.1 Å². The number of nitrogens with one attached hydrogen (secondary N) is 1. The number of alkyl halides is 2. The van der Waals surface area contributed by atoms with Gasteiger partial charge in [-0.15, -0.1) is 0 Å². The summed E-state index contributed by atoms with van der Waals surface area (Å²) in [7, 11) is 0. The number of hydrogen-bond donors (Lipinski definition) is 2. The number of benzene rings is 1. The fraction of sp³-hybridized carbons (Fsp3) is 0.391. The first kappa shape index (κ1) is 21.1. The Kier molecular flexibility index (Phi) is 6.42. The maximum absolute atomic E-state index is 14.3. The van der Waals surface area contributed by atoms with E-state index in [1.165, 1.54) is 6.92 Å². The van der Waals surface area contributed by atoms with E-state index in [1.54, 1.807) is 6.20 Å². The van der Waals surface area contributed by atoms with Crippen LogP contribution in [0, 0.1) is 5.92 Å². The number of halogens is 2. The number of carbonyl (C=O) groups is 1. The van der Waals surface area contributed by atoms with E-state index in [0.717, 1.165) is 28.5 Å². The van der Waals surface area contributed by atoms with Gasteiger partial charge < -0.3 is 11.1 Å². The molecule has 1 aromatic carbocycles. The zero-order valence-electron chi connectivity index (χ0n) is 16.7. The highest BCUT2D eigenvalue weighted by atomic mass is 19.3. The van der Waals surface area contributed by atoms with Crippen molar-refractivity contribution in [3.63, 3.8) is 0 Å². The number of allylic oxidation sites excluding steroid dienone is 3. The summed E-state index contributed by atoms with van der Waals surface area (Å²) in [4.78, 5) is 16.8. The van der Waals surface area contributed by atoms with E-state index in [2.05, 4.69) is 16.9 Å². The van der Waals surface area contributed by atoms with Gasteiger partial charge in [-0.2, -0.15) is 0 Å². The summed E-state index contributed by atoms with van der Waals surface area (Å²) in [6, 6.07) is 7.58. The van der Waals surface area contributed by atoms with Gasteiger partial charge >= 0.3 is 0 Å². The predicted octanol–water partition coefficient (Wildman–Crippen LogP) is 4.71. The molecule has 0 saturated heterocycles. The minimum absolute atomic E-state index is 0.0801. The zero-order chi connectivity index (χ0) is 21.0. The Bertz CT molecular complexity index is 952. The lowest BCUT2D eigenvalue weighted by molar-refractivity contribution is -0.0235. The van der Waals surface area contributed by atoms with E-state index >= 15 is 0 Å². The summed E-state index contributed by atoms with van der Waals surface area (Å²) in [5.41, 5.74) is 8.60. The van der Waals surface area contributed by atoms with Crippen molar-refractivity contribution < 1.29 is 13.6 Å². The number of carbonyl (C=O) groups excluding carboxylic acids is 1. The Morgan fingerprint density at radius 1 is 1.41 bits per heavy atom. The summed E-state index contributed by atoms with van der Waals surface area (Å²) in [6.45, 7) is 5.88. The molecule has 29 heavy (non-hydrogen) atoms. The summed E-state index contributed by atoms with van der Waals surface area (Å²) in [5, 5.41) is 3.67. The van der Waals surface area contributed by atoms with Gasteiger partial charge in [-0.25, -0.2) is 8.78 Å². The van der Waals surface area contributed by atoms with Crippen LogP contribution in [0.25, 0.3) is 16.5 Å². The quantitative estimate of drug-likeness (QED) is 0.523. The standard InChI is InChI=1S/C23H27F2N3O/c1-15(2)23(24,25)19-9-7-16(8-10-19)20-6-3-5-17-13-18(14-28-21(17)20)22(29)27-12-4-11-26/h3,5-7,13-14,19H,1,4,8-12,26H2,2H3,(H,27,29). The van der Waals surface area contributed by atoms with Gasteiger partial charge in [-0.05, 0) is 56.4 Å². The summed E-state index contributed by atoms with van der Waals surface area (Å²) in [6.07, 6.45) is 5.46. The maximum atomic E-state index is 14.3. The number of hydrogen-bond acceptors (Lipinski definition) is 3. The first-order chi connectivity index (χ1) is 13.8. The normalized spacial score (nSPS) is 17.1. The van der Waals surface area contributed by atoms with Crippen LogP contribution in [0.1, 0.15) is 48.5 Å². The van der Waals surface area contributed by atoms with E-state index in [9.17, 15) is 13.6 Å². The molecule has 0 saturated carbocycles. The van der Waals surface area contributed by atoms with Crippen LogP contribution in [0.5, 0.6) is 0 Å². The second-order valence-corrected chi connectivity index (χ2v) is 7.60. The van der Waals surface area contributed by atoms with Gasteiger partial charge in [0.1, 0.15) is 0 Å². The molecule has 0 bridgehead atoms. The van der Waals surface area contributed by atoms with Gasteiger partial charge in [0.2, 0.25) is 0 Å². The molecular weight excluding hydrogens is 372 g/mol. The lowest BCUT2D eigenvalue weighted by Crippen LogP contribution is -2.30. The molecule has 0 aliphatic heterocycles. The van der Waals surface area contributed by atoms with E-state index in [0.29, 0.717) is 37.9 Å². The van der Waals surface area contributed by atoms with Crippen LogP contribution >= 0.6 is 0 Å². The monoisotopic (exact) mass is 399 g/mol. The largest absolute Gasteiger partial charge is 0.352 e. The second-order valence-electron chi connectivity index (χ2n) is 7.60. The molecule has 0 radical (unpaired) electrons. The van der Waals surface area contributed by atoms with Crippen molar-refractivity contribution in [2.24, 2.45) is 11.7 Å². The second kappa shape index (κ2) is 8.82. The average molecular weight is 399 g/mol. The Morgan fingerprint density at radius 2 is 2.21 bits per heavy atom. The highest BCUT2D eigenvalue weighted by Crippen LogP contribution is 2.42. The van der Waals surface area contributed by atoms with Crippen molar-refractivity contribution in [2.45, 2.75) is 38.5 Å². The van der Waals surface area contributed by atoms with Crippen molar-refractivity contribution in [2.75, 3.05) is 13.1 Å². The molecule has 1 atom stereocenters. The van der Waals surface area contributed by atoms with Crippen molar-refractivity contribution >= 4 is 22.4 Å². The number of pyridine rings is 1. The lowest BCUT2D eigenvalue weighted by Gasteiger charge is -2.30. The fourth-order valence-electron chi connectivity index (χ4n) is 3.71. The molecule has 1 amide bonds. The topological polar surface area (TPSA) is 68.0 Å². The van der Waals surface area contributed by atoms with Gasteiger partial charge in [0.15, 0.2) is 0 Å². The maximum Gasteiger partial charge on any atom is 0.271 e. The molecule has 6 heteroatoms. The van der Waals surface area contributed by atoms with Crippen LogP contribution in [0.3, 0.4) is 0 Å². The molecular formula is C23H27F2N3O. The van der Waals surface area contributed by atoms with Crippen molar-refractivity contribution in [1.29, 1.82) is 0 Å². The van der Waals surface area contributed by atoms with Gasteiger partial charge in [-0.1, -0.05) is 30.9 Å². The number of nitrogens with two attached hydrogens (primary N) is 1. The minimum atomic E-state index is -2.84. The van der Waals surface area contributed by atoms with Crippen LogP contribution < -0.4 is 11.1 Å². The number of aromatic nitrogens is 1. The molecule has 1 aromatic heterocycles. The van der Waals surface area contributed by atoms with Crippen molar-refractivity contribution in [1.82, 2.24) is 10.3 Å². The third-order valence-electron chi connectivity index (χ3n) is 5.48. The molecule has 2 aromatic rings. The summed E-state index contributed by atoms with van der Waals surface area (Å²) in [5.74, 6) is -3.74. The minimum Gasteiger partial charge on any atom is -0.352 e. The Hall–Kier alpha value is -2.60. The Balaban J connectivity index is 1.83. The summed E-state index contributed by atoms with van der Waals surface area (Å²) >= 11 is 0. The van der Waals surface area contributed by atoms with Crippen LogP contribution in [-0.2, 0) is 0 Å². The molecule has 4 nitrogen and oxygen atoms in total. The smallest absolute Gasteiger partial charge is 0.271 e. The molecule has 3 rings (SSSR count). The van der Waals surface area contributed by atoms with E-state index in [4.69, 9.17) is 5.73 Å². The number of fused-ring (bicyclic) bond motifs is 1. The molecule has 154 valence electrons. The molecule has 1 aliphatic carbocycles. The number of nitrogens with zero attached hydrogens (tertiary/aromatic N) is 1. The van der Waals surface area contributed by atoms with Gasteiger partial charge in [0, 0.05) is 29.6 Å². The lowest BCUT2D eigenvalue weighted by atomic mass is 9.81.